The van der Waals surface area contributed by atoms with Crippen LogP contribution < -0.4 is 4.57 Å². The Morgan fingerprint density at radius 3 is 2.28 bits per heavy atom. The van der Waals surface area contributed by atoms with E-state index in [2.05, 4.69) is 23.2 Å². The van der Waals surface area contributed by atoms with Crippen LogP contribution in [0.4, 0.5) is 4.39 Å². The van der Waals surface area contributed by atoms with Gasteiger partial charge in [0.1, 0.15) is 11.3 Å². The maximum atomic E-state index is 13.1. The van der Waals surface area contributed by atoms with Gasteiger partial charge in [0, 0.05) is 23.3 Å². The Balaban J connectivity index is 1.40. The molecule has 0 aliphatic heterocycles. The van der Waals surface area contributed by atoms with E-state index in [1.807, 2.05) is 59.4 Å². The lowest BCUT2D eigenvalue weighted by molar-refractivity contribution is -0.688. The summed E-state index contributed by atoms with van der Waals surface area (Å²) in [4.78, 5) is 4.67. The Labute approximate surface area is 167 Å². The van der Waals surface area contributed by atoms with Crippen molar-refractivity contribution in [2.45, 2.75) is 6.54 Å². The number of nitrogens with zero attached hydrogens (tertiary/aromatic N) is 2. The normalized spacial score (nSPS) is 11.1. The molecule has 29 heavy (non-hydrogen) atoms. The summed E-state index contributed by atoms with van der Waals surface area (Å²) in [7, 11) is 0. The van der Waals surface area contributed by atoms with Gasteiger partial charge in [0.05, 0.1) is 0 Å². The number of benzene rings is 3. The fourth-order valence-electron chi connectivity index (χ4n) is 3.37. The second-order valence-corrected chi connectivity index (χ2v) is 6.95. The zero-order chi connectivity index (χ0) is 19.6. The highest BCUT2D eigenvalue weighted by atomic mass is 19.1. The Morgan fingerprint density at radius 2 is 1.52 bits per heavy atom. The van der Waals surface area contributed by atoms with Gasteiger partial charge in [-0.15, -0.1) is 0 Å². The van der Waals surface area contributed by atoms with Gasteiger partial charge in [0.15, 0.2) is 24.5 Å². The Bertz CT molecular complexity index is 1260. The minimum absolute atomic E-state index is 0.222. The molecular formula is C25H18FN2O+. The second kappa shape index (κ2) is 7.32. The van der Waals surface area contributed by atoms with Gasteiger partial charge >= 0.3 is 0 Å². The molecule has 0 unspecified atom stereocenters. The molecular weight excluding hydrogens is 363 g/mol. The zero-order valence-electron chi connectivity index (χ0n) is 15.6. The maximum Gasteiger partial charge on any atom is 0.227 e. The van der Waals surface area contributed by atoms with Gasteiger partial charge in [-0.3, -0.25) is 0 Å². The van der Waals surface area contributed by atoms with Gasteiger partial charge in [-0.2, -0.15) is 0 Å². The monoisotopic (exact) mass is 381 g/mol. The minimum Gasteiger partial charge on any atom is -0.436 e. The molecule has 0 aliphatic carbocycles. The smallest absolute Gasteiger partial charge is 0.227 e. The first-order valence-corrected chi connectivity index (χ1v) is 9.44. The summed E-state index contributed by atoms with van der Waals surface area (Å²) in [6, 6.07) is 26.8. The van der Waals surface area contributed by atoms with Crippen molar-refractivity contribution >= 4 is 11.1 Å². The first-order chi connectivity index (χ1) is 14.2. The molecule has 0 fully saturated rings. The Hall–Kier alpha value is -3.79. The molecule has 2 heterocycles. The number of pyridine rings is 1. The number of aromatic nitrogens is 2. The van der Waals surface area contributed by atoms with E-state index in [0.29, 0.717) is 12.4 Å². The molecule has 0 spiro atoms. The highest BCUT2D eigenvalue weighted by Gasteiger charge is 2.11. The van der Waals surface area contributed by atoms with Crippen LogP contribution in [0.2, 0.25) is 0 Å². The third-order valence-electron chi connectivity index (χ3n) is 4.91. The predicted octanol–water partition coefficient (Wildman–Crippen LogP) is 5.64. The molecule has 0 bridgehead atoms. The van der Waals surface area contributed by atoms with Crippen molar-refractivity contribution in [3.05, 3.63) is 109 Å². The Kier molecular flexibility index (Phi) is 4.37. The topological polar surface area (TPSA) is 29.9 Å². The van der Waals surface area contributed by atoms with E-state index in [9.17, 15) is 4.39 Å². The molecule has 0 N–H and O–H groups in total. The van der Waals surface area contributed by atoms with Crippen molar-refractivity contribution in [2.75, 3.05) is 0 Å². The lowest BCUT2D eigenvalue weighted by Gasteiger charge is -1.99. The quantitative estimate of drug-likeness (QED) is 0.377. The fraction of sp³-hybridized carbons (Fsp3) is 0.0400. The number of rotatable bonds is 4. The lowest BCUT2D eigenvalue weighted by atomic mass is 10.1. The SMILES string of the molecule is Fc1ccc(C[n+]2ccc(-c3nc4cc(-c5ccccc5)ccc4o3)cc2)cc1. The van der Waals surface area contributed by atoms with Gasteiger partial charge < -0.3 is 4.42 Å². The molecule has 3 nitrogen and oxygen atoms in total. The summed E-state index contributed by atoms with van der Waals surface area (Å²) >= 11 is 0. The van der Waals surface area contributed by atoms with Crippen LogP contribution in [0, 0.1) is 5.82 Å². The third kappa shape index (κ3) is 3.65. The molecule has 0 radical (unpaired) electrons. The minimum atomic E-state index is -0.222. The number of hydrogen-bond acceptors (Lipinski definition) is 2. The van der Waals surface area contributed by atoms with Gasteiger partial charge in [-0.25, -0.2) is 13.9 Å². The molecule has 4 heteroatoms. The van der Waals surface area contributed by atoms with Gasteiger partial charge in [-0.1, -0.05) is 36.4 Å². The summed E-state index contributed by atoms with van der Waals surface area (Å²) in [6.07, 6.45) is 3.95. The fourth-order valence-corrected chi connectivity index (χ4v) is 3.37. The molecule has 0 saturated carbocycles. The second-order valence-electron chi connectivity index (χ2n) is 6.95. The van der Waals surface area contributed by atoms with Crippen molar-refractivity contribution in [2.24, 2.45) is 0 Å². The number of fused-ring (bicyclic) bond motifs is 1. The third-order valence-corrected chi connectivity index (χ3v) is 4.91. The summed E-state index contributed by atoms with van der Waals surface area (Å²) in [5, 5.41) is 0. The van der Waals surface area contributed by atoms with Crippen molar-refractivity contribution in [1.82, 2.24) is 4.98 Å². The largest absolute Gasteiger partial charge is 0.436 e. The number of hydrogen-bond donors (Lipinski definition) is 0. The lowest BCUT2D eigenvalue weighted by Crippen LogP contribution is -2.32. The summed E-state index contributed by atoms with van der Waals surface area (Å²) < 4.78 is 21.0. The molecule has 0 atom stereocenters. The summed E-state index contributed by atoms with van der Waals surface area (Å²) in [5.41, 5.74) is 5.83. The highest BCUT2D eigenvalue weighted by Crippen LogP contribution is 2.28. The Morgan fingerprint density at radius 1 is 0.759 bits per heavy atom. The van der Waals surface area contributed by atoms with E-state index in [4.69, 9.17) is 4.42 Å². The zero-order valence-corrected chi connectivity index (χ0v) is 15.6. The van der Waals surface area contributed by atoms with Crippen LogP contribution in [0.3, 0.4) is 0 Å². The van der Waals surface area contributed by atoms with Crippen LogP contribution in [0.1, 0.15) is 5.56 Å². The first kappa shape index (κ1) is 17.3. The molecule has 3 aromatic carbocycles. The number of oxazole rings is 1. The van der Waals surface area contributed by atoms with Crippen LogP contribution in [0.25, 0.3) is 33.7 Å². The number of halogens is 1. The summed E-state index contributed by atoms with van der Waals surface area (Å²) in [5.74, 6) is 0.375. The van der Waals surface area contributed by atoms with Crippen LogP contribution in [-0.4, -0.2) is 4.98 Å². The van der Waals surface area contributed by atoms with Crippen molar-refractivity contribution < 1.29 is 13.4 Å². The standard InChI is InChI=1S/C25H18FN2O/c26-22-9-6-18(7-10-22)17-28-14-12-20(13-15-28)25-27-23-16-21(8-11-24(23)29-25)19-4-2-1-3-5-19/h1-16H,17H2/q+1. The molecule has 5 aromatic rings. The van der Waals surface area contributed by atoms with Crippen molar-refractivity contribution in [3.8, 4) is 22.6 Å². The molecule has 140 valence electrons. The molecule has 2 aromatic heterocycles. The van der Waals surface area contributed by atoms with E-state index in [1.165, 1.54) is 12.1 Å². The molecule has 0 amide bonds. The predicted molar refractivity (Wildman–Crippen MR) is 111 cm³/mol. The molecule has 0 saturated heterocycles. The molecule has 0 aliphatic rings. The van der Waals surface area contributed by atoms with Crippen molar-refractivity contribution in [3.63, 3.8) is 0 Å². The van der Waals surface area contributed by atoms with Crippen LogP contribution in [0.5, 0.6) is 0 Å². The van der Waals surface area contributed by atoms with Gasteiger partial charge in [-0.05, 0) is 47.5 Å². The van der Waals surface area contributed by atoms with E-state index in [-0.39, 0.29) is 5.82 Å². The average molecular weight is 381 g/mol. The molecule has 5 rings (SSSR count). The van der Waals surface area contributed by atoms with Crippen LogP contribution in [-0.2, 0) is 6.54 Å². The maximum absolute atomic E-state index is 13.1. The highest BCUT2D eigenvalue weighted by molar-refractivity contribution is 5.82. The van der Waals surface area contributed by atoms with Crippen LogP contribution in [0.15, 0.2) is 102 Å². The van der Waals surface area contributed by atoms with Gasteiger partial charge in [0.25, 0.3) is 0 Å². The van der Waals surface area contributed by atoms with Crippen LogP contribution >= 0.6 is 0 Å². The van der Waals surface area contributed by atoms with Crippen molar-refractivity contribution in [1.29, 1.82) is 0 Å². The van der Waals surface area contributed by atoms with Gasteiger partial charge in [0.2, 0.25) is 5.89 Å². The van der Waals surface area contributed by atoms with E-state index in [0.717, 1.165) is 33.4 Å². The van der Waals surface area contributed by atoms with E-state index < -0.39 is 0 Å². The first-order valence-electron chi connectivity index (χ1n) is 9.44. The van der Waals surface area contributed by atoms with E-state index in [1.54, 1.807) is 12.1 Å². The van der Waals surface area contributed by atoms with E-state index >= 15 is 0 Å². The summed E-state index contributed by atoms with van der Waals surface area (Å²) in [6.45, 7) is 0.675. The average Bonchev–Trinajstić information content (AvgIpc) is 3.20.